The zero-order valence-electron chi connectivity index (χ0n) is 5.17. The summed E-state index contributed by atoms with van der Waals surface area (Å²) in [6.07, 6.45) is 1.20. The smallest absolute Gasteiger partial charge is 0.268 e. The summed E-state index contributed by atoms with van der Waals surface area (Å²) in [7, 11) is 0. The minimum absolute atomic E-state index is 0.127. The van der Waals surface area contributed by atoms with E-state index in [1.165, 1.54) is 6.20 Å². The van der Waals surface area contributed by atoms with Crippen LogP contribution in [0.1, 0.15) is 6.55 Å². The van der Waals surface area contributed by atoms with Crippen molar-refractivity contribution in [1.29, 1.82) is 0 Å². The number of aromatic nitrogens is 2. The van der Waals surface area contributed by atoms with E-state index in [1.807, 2.05) is 22.6 Å². The van der Waals surface area contributed by atoms with E-state index in [9.17, 15) is 13.6 Å². The summed E-state index contributed by atoms with van der Waals surface area (Å²) in [6.45, 7) is -2.86. The number of rotatable bonds is 1. The van der Waals surface area contributed by atoms with Gasteiger partial charge in [-0.3, -0.25) is 4.79 Å². The lowest BCUT2D eigenvalue weighted by Gasteiger charge is -1.99. The second-order valence-corrected chi connectivity index (χ2v) is 2.98. The molecule has 0 saturated carbocycles. The quantitative estimate of drug-likeness (QED) is 0.721. The van der Waals surface area contributed by atoms with Crippen LogP contribution in [0.5, 0.6) is 0 Å². The Morgan fingerprint density at radius 1 is 1.64 bits per heavy atom. The van der Waals surface area contributed by atoms with Gasteiger partial charge in [0.2, 0.25) is 0 Å². The van der Waals surface area contributed by atoms with E-state index < -0.39 is 12.1 Å². The Bertz CT molecular complexity index is 312. The molecular weight excluding hydrogens is 269 g/mol. The third-order valence-electron chi connectivity index (χ3n) is 0.978. The molecule has 1 aromatic heterocycles. The second-order valence-electron chi connectivity index (χ2n) is 1.73. The molecule has 0 saturated heterocycles. The summed E-state index contributed by atoms with van der Waals surface area (Å²) < 4.78 is 24.4. The lowest BCUT2D eigenvalue weighted by molar-refractivity contribution is 0.0510. The molecule has 0 amide bonds. The molecule has 3 nitrogen and oxygen atoms in total. The molecule has 0 unspecified atom stereocenters. The molecule has 60 valence electrons. The maximum absolute atomic E-state index is 11.9. The van der Waals surface area contributed by atoms with Crippen molar-refractivity contribution in [2.75, 3.05) is 0 Å². The highest BCUT2D eigenvalue weighted by Crippen LogP contribution is 2.04. The largest absolute Gasteiger partial charge is 0.336 e. The van der Waals surface area contributed by atoms with Crippen molar-refractivity contribution in [2.45, 2.75) is 6.55 Å². The zero-order chi connectivity index (χ0) is 8.43. The summed E-state index contributed by atoms with van der Waals surface area (Å²) in [5, 5.41) is 3.22. The van der Waals surface area contributed by atoms with Crippen LogP contribution in [0.25, 0.3) is 0 Å². The van der Waals surface area contributed by atoms with Crippen LogP contribution in [-0.4, -0.2) is 9.78 Å². The fraction of sp³-hybridized carbons (Fsp3) is 0.200. The first-order chi connectivity index (χ1) is 5.11. The summed E-state index contributed by atoms with van der Waals surface area (Å²) in [5.74, 6) is 0. The van der Waals surface area contributed by atoms with Gasteiger partial charge in [-0.1, -0.05) is 0 Å². The third-order valence-corrected chi connectivity index (χ3v) is 1.57. The molecule has 0 N–H and O–H groups in total. The van der Waals surface area contributed by atoms with E-state index in [1.54, 1.807) is 0 Å². The van der Waals surface area contributed by atoms with Crippen molar-refractivity contribution in [2.24, 2.45) is 0 Å². The molecule has 1 aromatic rings. The van der Waals surface area contributed by atoms with Gasteiger partial charge in [0.25, 0.3) is 5.56 Å². The first kappa shape index (κ1) is 8.57. The van der Waals surface area contributed by atoms with Gasteiger partial charge in [0, 0.05) is 9.64 Å². The molecule has 0 aliphatic heterocycles. The predicted molar refractivity (Wildman–Crippen MR) is 42.5 cm³/mol. The van der Waals surface area contributed by atoms with Crippen molar-refractivity contribution >= 4 is 22.6 Å². The second kappa shape index (κ2) is 3.24. The van der Waals surface area contributed by atoms with Crippen molar-refractivity contribution in [3.63, 3.8) is 0 Å². The van der Waals surface area contributed by atoms with Gasteiger partial charge in [0.05, 0.1) is 6.20 Å². The minimum Gasteiger partial charge on any atom is -0.268 e. The number of alkyl halides is 2. The number of halogens is 3. The zero-order valence-corrected chi connectivity index (χ0v) is 7.33. The Labute approximate surface area is 74.2 Å². The highest BCUT2D eigenvalue weighted by Gasteiger charge is 2.07. The molecule has 0 atom stereocenters. The summed E-state index contributed by atoms with van der Waals surface area (Å²) >= 11 is 1.82. The van der Waals surface area contributed by atoms with E-state index in [2.05, 4.69) is 5.10 Å². The number of hydrogen-bond acceptors (Lipinski definition) is 2. The Hall–Kier alpha value is -0.530. The first-order valence-electron chi connectivity index (χ1n) is 2.64. The highest BCUT2D eigenvalue weighted by molar-refractivity contribution is 14.1. The maximum Gasteiger partial charge on any atom is 0.336 e. The molecule has 0 aliphatic rings. The van der Waals surface area contributed by atoms with E-state index in [0.717, 1.165) is 6.07 Å². The summed E-state index contributed by atoms with van der Waals surface area (Å²) in [5.41, 5.74) is -0.785. The van der Waals surface area contributed by atoms with Gasteiger partial charge in [-0.2, -0.15) is 18.6 Å². The standard InChI is InChI=1S/C5H3F2IN2O/c6-5(7)10-4(11)1-3(8)2-9-10/h1-2,5H. The molecule has 0 radical (unpaired) electrons. The Morgan fingerprint density at radius 3 is 2.73 bits per heavy atom. The molecule has 0 bridgehead atoms. The molecule has 0 aliphatic carbocycles. The molecule has 1 rings (SSSR count). The van der Waals surface area contributed by atoms with Gasteiger partial charge in [-0.15, -0.1) is 0 Å². The monoisotopic (exact) mass is 272 g/mol. The van der Waals surface area contributed by atoms with Gasteiger partial charge in [-0.05, 0) is 22.6 Å². The Kier molecular flexibility index (Phi) is 2.53. The Balaban J connectivity index is 3.21. The normalized spacial score (nSPS) is 10.5. The SMILES string of the molecule is O=c1cc(I)cnn1C(F)F. The minimum atomic E-state index is -2.86. The van der Waals surface area contributed by atoms with Crippen LogP contribution in [0.2, 0.25) is 0 Å². The predicted octanol–water partition coefficient (Wildman–Crippen LogP) is 1.24. The first-order valence-corrected chi connectivity index (χ1v) is 3.71. The van der Waals surface area contributed by atoms with Gasteiger partial charge in [-0.25, -0.2) is 0 Å². The summed E-state index contributed by atoms with van der Waals surface area (Å²) in [6, 6.07) is 1.10. The lowest BCUT2D eigenvalue weighted by atomic mass is 10.6. The fourth-order valence-corrected chi connectivity index (χ4v) is 0.933. The van der Waals surface area contributed by atoms with Gasteiger partial charge in [0.15, 0.2) is 0 Å². The Morgan fingerprint density at radius 2 is 2.27 bits per heavy atom. The van der Waals surface area contributed by atoms with E-state index in [4.69, 9.17) is 0 Å². The average molecular weight is 272 g/mol. The van der Waals surface area contributed by atoms with Crippen LogP contribution in [0.4, 0.5) is 8.78 Å². The van der Waals surface area contributed by atoms with E-state index in [0.29, 0.717) is 3.57 Å². The van der Waals surface area contributed by atoms with Crippen molar-refractivity contribution in [3.05, 3.63) is 26.2 Å². The van der Waals surface area contributed by atoms with Gasteiger partial charge < -0.3 is 0 Å². The third kappa shape index (κ3) is 1.95. The number of hydrogen-bond donors (Lipinski definition) is 0. The van der Waals surface area contributed by atoms with Crippen molar-refractivity contribution in [3.8, 4) is 0 Å². The van der Waals surface area contributed by atoms with Crippen molar-refractivity contribution < 1.29 is 8.78 Å². The summed E-state index contributed by atoms with van der Waals surface area (Å²) in [4.78, 5) is 10.7. The van der Waals surface area contributed by atoms with E-state index in [-0.39, 0.29) is 4.68 Å². The topological polar surface area (TPSA) is 34.9 Å². The number of nitrogens with zero attached hydrogens (tertiary/aromatic N) is 2. The van der Waals surface area contributed by atoms with Crippen LogP contribution in [0.15, 0.2) is 17.1 Å². The molecule has 6 heteroatoms. The van der Waals surface area contributed by atoms with Crippen molar-refractivity contribution in [1.82, 2.24) is 9.78 Å². The van der Waals surface area contributed by atoms with Crippen LogP contribution in [0, 0.1) is 3.57 Å². The van der Waals surface area contributed by atoms with Gasteiger partial charge in [0.1, 0.15) is 0 Å². The molecule has 0 fully saturated rings. The maximum atomic E-state index is 11.9. The molecule has 0 aromatic carbocycles. The molecule has 1 heterocycles. The van der Waals surface area contributed by atoms with E-state index >= 15 is 0 Å². The van der Waals surface area contributed by atoms with Crippen LogP contribution < -0.4 is 5.56 Å². The van der Waals surface area contributed by atoms with Crippen LogP contribution in [-0.2, 0) is 0 Å². The van der Waals surface area contributed by atoms with Crippen LogP contribution in [0.3, 0.4) is 0 Å². The molecule has 11 heavy (non-hydrogen) atoms. The van der Waals surface area contributed by atoms with Crippen LogP contribution >= 0.6 is 22.6 Å². The highest BCUT2D eigenvalue weighted by atomic mass is 127. The molecular formula is C5H3F2IN2O. The molecule has 0 spiro atoms. The van der Waals surface area contributed by atoms with Gasteiger partial charge >= 0.3 is 6.55 Å². The average Bonchev–Trinajstić information content (AvgIpc) is 1.85. The fourth-order valence-electron chi connectivity index (χ4n) is 0.542. The lowest BCUT2D eigenvalue weighted by Crippen LogP contribution is -2.22.